The first-order chi connectivity index (χ1) is 12.9. The Balaban J connectivity index is 0.00000392. The molecule has 2 N–H and O–H groups in total. The molecule has 0 bridgehead atoms. The Kier molecular flexibility index (Phi) is 9.24. The van der Waals surface area contributed by atoms with Gasteiger partial charge in [0.15, 0.2) is 34.6 Å². The van der Waals surface area contributed by atoms with Gasteiger partial charge in [-0.15, -0.1) is 0 Å². The molecular formula is C21H20NbO6. The molecule has 0 aliphatic carbocycles. The van der Waals surface area contributed by atoms with Gasteiger partial charge < -0.3 is 19.7 Å². The summed E-state index contributed by atoms with van der Waals surface area (Å²) in [4.78, 5) is 23.9. The first-order valence-corrected chi connectivity index (χ1v) is 8.08. The smallest absolute Gasteiger partial charge is 0.163 e. The molecule has 0 atom stereocenters. The minimum Gasteiger partial charge on any atom is -0.504 e. The maximum Gasteiger partial charge on any atom is 0.163 e. The third-order valence-corrected chi connectivity index (χ3v) is 3.68. The van der Waals surface area contributed by atoms with Gasteiger partial charge in [-0.3, -0.25) is 9.59 Å². The van der Waals surface area contributed by atoms with E-state index in [-0.39, 0.29) is 51.9 Å². The maximum atomic E-state index is 11.9. The Bertz CT molecular complexity index is 828. The summed E-state index contributed by atoms with van der Waals surface area (Å²) in [5.41, 5.74) is 1.33. The van der Waals surface area contributed by atoms with E-state index in [1.165, 1.54) is 38.5 Å². The number of hydrogen-bond donors (Lipinski definition) is 2. The normalized spacial score (nSPS) is 10.6. The third-order valence-electron chi connectivity index (χ3n) is 3.68. The molecule has 0 aliphatic heterocycles. The molecule has 7 heteroatoms. The van der Waals surface area contributed by atoms with E-state index in [0.29, 0.717) is 22.6 Å². The molecule has 28 heavy (non-hydrogen) atoms. The van der Waals surface area contributed by atoms with Crippen LogP contribution in [0.2, 0.25) is 0 Å². The molecule has 145 valence electrons. The number of rotatable bonds is 8. The van der Waals surface area contributed by atoms with Crippen LogP contribution in [0.1, 0.15) is 17.5 Å². The van der Waals surface area contributed by atoms with Gasteiger partial charge in [0.05, 0.1) is 20.6 Å². The van der Waals surface area contributed by atoms with E-state index < -0.39 is 0 Å². The monoisotopic (exact) mass is 461 g/mol. The summed E-state index contributed by atoms with van der Waals surface area (Å²) in [6.07, 6.45) is 5.44. The number of phenolic OH excluding ortho intramolecular Hbond substituents is 2. The first-order valence-electron chi connectivity index (χ1n) is 8.08. The molecule has 0 unspecified atom stereocenters. The maximum absolute atomic E-state index is 11.9. The van der Waals surface area contributed by atoms with Crippen LogP contribution in [0, 0.1) is 0 Å². The molecule has 0 heterocycles. The minimum atomic E-state index is -0.347. The van der Waals surface area contributed by atoms with Crippen molar-refractivity contribution in [2.45, 2.75) is 6.42 Å². The summed E-state index contributed by atoms with van der Waals surface area (Å²) in [6.45, 7) is 0. The molecule has 0 amide bonds. The molecule has 0 saturated carbocycles. The summed E-state index contributed by atoms with van der Waals surface area (Å²) < 4.78 is 10.00. The molecular weight excluding hydrogens is 441 g/mol. The van der Waals surface area contributed by atoms with E-state index in [9.17, 15) is 19.8 Å². The van der Waals surface area contributed by atoms with Gasteiger partial charge in [-0.2, -0.15) is 0 Å². The Morgan fingerprint density at radius 1 is 0.821 bits per heavy atom. The van der Waals surface area contributed by atoms with Crippen LogP contribution in [-0.4, -0.2) is 36.0 Å². The van der Waals surface area contributed by atoms with E-state index in [2.05, 4.69) is 0 Å². The van der Waals surface area contributed by atoms with Crippen molar-refractivity contribution >= 4 is 23.7 Å². The fourth-order valence-corrected chi connectivity index (χ4v) is 2.26. The number of allylic oxidation sites excluding steroid dienone is 2. The number of phenols is 2. The number of methoxy groups -OCH3 is 2. The van der Waals surface area contributed by atoms with Crippen molar-refractivity contribution in [3.05, 3.63) is 59.7 Å². The number of carbonyl (C=O) groups is 2. The van der Waals surface area contributed by atoms with Crippen LogP contribution in [0.15, 0.2) is 48.6 Å². The second kappa shape index (κ2) is 11.1. The van der Waals surface area contributed by atoms with Gasteiger partial charge in [0, 0.05) is 22.4 Å². The molecule has 0 spiro atoms. The van der Waals surface area contributed by atoms with Crippen LogP contribution in [0.4, 0.5) is 0 Å². The van der Waals surface area contributed by atoms with Gasteiger partial charge in [-0.1, -0.05) is 24.3 Å². The van der Waals surface area contributed by atoms with Crippen LogP contribution in [-0.2, 0) is 32.0 Å². The Morgan fingerprint density at radius 3 is 1.57 bits per heavy atom. The molecule has 6 nitrogen and oxygen atoms in total. The van der Waals surface area contributed by atoms with E-state index in [1.807, 2.05) is 0 Å². The van der Waals surface area contributed by atoms with Gasteiger partial charge in [-0.25, -0.2) is 0 Å². The molecule has 0 saturated heterocycles. The largest absolute Gasteiger partial charge is 0.504 e. The Hall–Kier alpha value is -2.80. The quantitative estimate of drug-likeness (QED) is 0.356. The van der Waals surface area contributed by atoms with Crippen molar-refractivity contribution in [1.29, 1.82) is 0 Å². The summed E-state index contributed by atoms with van der Waals surface area (Å²) in [6, 6.07) is 9.34. The average molecular weight is 461 g/mol. The molecule has 2 rings (SSSR count). The van der Waals surface area contributed by atoms with Crippen molar-refractivity contribution in [3.8, 4) is 23.0 Å². The summed E-state index contributed by atoms with van der Waals surface area (Å²) in [5.74, 6) is -0.0832. The van der Waals surface area contributed by atoms with E-state index >= 15 is 0 Å². The minimum absolute atomic E-state index is 0. The van der Waals surface area contributed by atoms with Crippen LogP contribution in [0.5, 0.6) is 23.0 Å². The number of aromatic hydroxyl groups is 2. The van der Waals surface area contributed by atoms with E-state index in [4.69, 9.17) is 9.47 Å². The van der Waals surface area contributed by atoms with Gasteiger partial charge in [0.1, 0.15) is 0 Å². The Morgan fingerprint density at radius 2 is 1.21 bits per heavy atom. The molecule has 1 radical (unpaired) electrons. The van der Waals surface area contributed by atoms with Crippen LogP contribution >= 0.6 is 0 Å². The van der Waals surface area contributed by atoms with Gasteiger partial charge >= 0.3 is 0 Å². The van der Waals surface area contributed by atoms with Crippen molar-refractivity contribution in [2.75, 3.05) is 14.2 Å². The SMILES string of the molecule is COc1cc(/C=C/C(=O)CC(=O)/C=C/c2ccc(O)c(OC)c2)ccc1O.[Nb]. The van der Waals surface area contributed by atoms with Crippen LogP contribution in [0.25, 0.3) is 12.2 Å². The Labute approximate surface area is 178 Å². The fourth-order valence-electron chi connectivity index (χ4n) is 2.26. The number of ether oxygens (including phenoxy) is 2. The summed E-state index contributed by atoms with van der Waals surface area (Å²) in [7, 11) is 2.87. The number of hydrogen-bond acceptors (Lipinski definition) is 6. The molecule has 0 aromatic heterocycles. The summed E-state index contributed by atoms with van der Waals surface area (Å²) >= 11 is 0. The van der Waals surface area contributed by atoms with Crippen LogP contribution < -0.4 is 9.47 Å². The fraction of sp³-hybridized carbons (Fsp3) is 0.143. The van der Waals surface area contributed by atoms with Crippen molar-refractivity contribution in [2.24, 2.45) is 0 Å². The number of carbonyl (C=O) groups excluding carboxylic acids is 2. The molecule has 2 aromatic carbocycles. The zero-order valence-electron chi connectivity index (χ0n) is 15.5. The zero-order valence-corrected chi connectivity index (χ0v) is 17.7. The second-order valence-electron chi connectivity index (χ2n) is 5.64. The predicted octanol–water partition coefficient (Wildman–Crippen LogP) is 3.37. The second-order valence-corrected chi connectivity index (χ2v) is 5.64. The standard InChI is InChI=1S/C21H20O6.Nb/c1-26-20-11-14(5-9-18(20)24)3-7-16(22)13-17(23)8-4-15-6-10-19(25)21(12-15)27-2;/h3-12,24-25H,13H2,1-2H3;/b7-3+,8-4+;. The predicted molar refractivity (Wildman–Crippen MR) is 102 cm³/mol. The van der Waals surface area contributed by atoms with Crippen molar-refractivity contribution in [1.82, 2.24) is 0 Å². The van der Waals surface area contributed by atoms with Gasteiger partial charge in [0.25, 0.3) is 0 Å². The number of ketones is 2. The van der Waals surface area contributed by atoms with Gasteiger partial charge in [-0.05, 0) is 47.5 Å². The zero-order chi connectivity index (χ0) is 19.8. The third kappa shape index (κ3) is 6.74. The molecule has 2 aromatic rings. The van der Waals surface area contributed by atoms with Gasteiger partial charge in [0.2, 0.25) is 0 Å². The van der Waals surface area contributed by atoms with Crippen molar-refractivity contribution < 1.29 is 51.7 Å². The topological polar surface area (TPSA) is 93.1 Å². The van der Waals surface area contributed by atoms with E-state index in [1.54, 1.807) is 36.4 Å². The first kappa shape index (κ1) is 23.2. The summed E-state index contributed by atoms with van der Waals surface area (Å²) in [5, 5.41) is 19.1. The van der Waals surface area contributed by atoms with Crippen molar-refractivity contribution in [3.63, 3.8) is 0 Å². The van der Waals surface area contributed by atoms with Crippen LogP contribution in [0.3, 0.4) is 0 Å². The molecule has 0 fully saturated rings. The average Bonchev–Trinajstić information content (AvgIpc) is 2.66. The number of benzene rings is 2. The molecule has 0 aliphatic rings. The van der Waals surface area contributed by atoms with E-state index in [0.717, 1.165) is 0 Å².